The maximum atomic E-state index is 12.0. The molecule has 1 amide bonds. The van der Waals surface area contributed by atoms with E-state index in [9.17, 15) is 9.59 Å². The van der Waals surface area contributed by atoms with E-state index in [2.05, 4.69) is 0 Å². The molecule has 0 radical (unpaired) electrons. The minimum atomic E-state index is -0.428. The first-order valence-corrected chi connectivity index (χ1v) is 6.36. The molecule has 6 nitrogen and oxygen atoms in total. The van der Waals surface area contributed by atoms with Crippen molar-refractivity contribution in [2.24, 2.45) is 0 Å². The topological polar surface area (TPSA) is 65.1 Å². The number of carbonyl (C=O) groups excluding carboxylic acids is 2. The number of methoxy groups -OCH3 is 1. The first-order valence-electron chi connectivity index (χ1n) is 6.36. The summed E-state index contributed by atoms with van der Waals surface area (Å²) in [4.78, 5) is 24.8. The molecule has 6 heteroatoms. The number of ether oxygens (including phenoxy) is 3. The fraction of sp³-hybridized carbons (Fsp3) is 0.846. The first-order chi connectivity index (χ1) is 8.80. The summed E-state index contributed by atoms with van der Waals surface area (Å²) in [6.07, 6.45) is 0. The van der Waals surface area contributed by atoms with Crippen LogP contribution in [0, 0.1) is 0 Å². The fourth-order valence-electron chi connectivity index (χ4n) is 1.23. The van der Waals surface area contributed by atoms with E-state index < -0.39 is 11.6 Å². The number of esters is 1. The van der Waals surface area contributed by atoms with Crippen LogP contribution in [0.4, 0.5) is 0 Å². The lowest BCUT2D eigenvalue weighted by atomic mass is 10.2. The molecule has 0 aromatic carbocycles. The summed E-state index contributed by atoms with van der Waals surface area (Å²) in [5, 5.41) is 0. The van der Waals surface area contributed by atoms with Crippen molar-refractivity contribution in [2.75, 3.05) is 40.0 Å². The zero-order valence-electron chi connectivity index (χ0n) is 12.5. The molecule has 0 fully saturated rings. The number of hydrogen-bond donors (Lipinski definition) is 0. The second kappa shape index (κ2) is 8.87. The lowest BCUT2D eigenvalue weighted by molar-refractivity contribution is -0.152. The van der Waals surface area contributed by atoms with Gasteiger partial charge in [0.2, 0.25) is 5.91 Å². The van der Waals surface area contributed by atoms with Crippen molar-refractivity contribution in [3.8, 4) is 0 Å². The Labute approximate surface area is 115 Å². The first kappa shape index (κ1) is 17.9. The van der Waals surface area contributed by atoms with Gasteiger partial charge >= 0.3 is 5.97 Å². The third kappa shape index (κ3) is 9.44. The number of hydrogen-bond acceptors (Lipinski definition) is 5. The lowest BCUT2D eigenvalue weighted by Crippen LogP contribution is -2.41. The molecule has 19 heavy (non-hydrogen) atoms. The molecule has 0 aliphatic heterocycles. The normalized spacial score (nSPS) is 11.2. The summed E-state index contributed by atoms with van der Waals surface area (Å²) in [5.41, 5.74) is -0.396. The summed E-state index contributed by atoms with van der Waals surface area (Å²) in [6, 6.07) is 0. The Kier molecular flexibility index (Phi) is 8.34. The van der Waals surface area contributed by atoms with Gasteiger partial charge in [0.15, 0.2) is 0 Å². The van der Waals surface area contributed by atoms with Crippen LogP contribution < -0.4 is 0 Å². The van der Waals surface area contributed by atoms with E-state index in [1.165, 1.54) is 4.90 Å². The zero-order valence-corrected chi connectivity index (χ0v) is 12.5. The molecule has 0 atom stereocenters. The van der Waals surface area contributed by atoms with Gasteiger partial charge in [-0.05, 0) is 27.7 Å². The van der Waals surface area contributed by atoms with Crippen LogP contribution in [0.3, 0.4) is 0 Å². The molecule has 0 aliphatic rings. The largest absolute Gasteiger partial charge is 0.465 e. The monoisotopic (exact) mass is 275 g/mol. The number of carbonyl (C=O) groups is 2. The van der Waals surface area contributed by atoms with Gasteiger partial charge in [0.25, 0.3) is 0 Å². The van der Waals surface area contributed by atoms with E-state index in [0.717, 1.165) is 0 Å². The third-order valence-corrected chi connectivity index (χ3v) is 2.17. The van der Waals surface area contributed by atoms with Crippen LogP contribution in [0.2, 0.25) is 0 Å². The smallest absolute Gasteiger partial charge is 0.325 e. The quantitative estimate of drug-likeness (QED) is 0.614. The van der Waals surface area contributed by atoms with E-state index in [1.807, 2.05) is 20.8 Å². The van der Waals surface area contributed by atoms with Crippen molar-refractivity contribution in [3.63, 3.8) is 0 Å². The Hall–Kier alpha value is -1.14. The van der Waals surface area contributed by atoms with Crippen molar-refractivity contribution >= 4 is 11.9 Å². The van der Waals surface area contributed by atoms with E-state index >= 15 is 0 Å². The Morgan fingerprint density at radius 1 is 1.21 bits per heavy atom. The van der Waals surface area contributed by atoms with Gasteiger partial charge in [-0.1, -0.05) is 0 Å². The van der Waals surface area contributed by atoms with Crippen LogP contribution in [0.25, 0.3) is 0 Å². The predicted octanol–water partition coefficient (Wildman–Crippen LogP) is 0.840. The summed E-state index contributed by atoms with van der Waals surface area (Å²) >= 11 is 0. The summed E-state index contributed by atoms with van der Waals surface area (Å²) < 4.78 is 15.2. The molecule has 0 bridgehead atoms. The van der Waals surface area contributed by atoms with Gasteiger partial charge in [-0.15, -0.1) is 0 Å². The second-order valence-corrected chi connectivity index (χ2v) is 5.01. The van der Waals surface area contributed by atoms with Crippen LogP contribution >= 0.6 is 0 Å². The number of rotatable bonds is 8. The Morgan fingerprint density at radius 3 is 2.32 bits per heavy atom. The summed E-state index contributed by atoms with van der Waals surface area (Å²) in [6.45, 7) is 8.17. The van der Waals surface area contributed by atoms with E-state index in [1.54, 1.807) is 14.0 Å². The molecule has 0 saturated carbocycles. The van der Waals surface area contributed by atoms with Crippen molar-refractivity contribution in [1.29, 1.82) is 0 Å². The minimum absolute atomic E-state index is 0.0629. The van der Waals surface area contributed by atoms with Gasteiger partial charge in [0.1, 0.15) is 13.2 Å². The van der Waals surface area contributed by atoms with Gasteiger partial charge < -0.3 is 19.1 Å². The minimum Gasteiger partial charge on any atom is -0.465 e. The van der Waals surface area contributed by atoms with E-state index in [4.69, 9.17) is 14.2 Å². The highest BCUT2D eigenvalue weighted by Crippen LogP contribution is 2.07. The molecule has 0 N–H and O–H groups in total. The van der Waals surface area contributed by atoms with Crippen molar-refractivity contribution in [3.05, 3.63) is 0 Å². The van der Waals surface area contributed by atoms with Crippen LogP contribution in [0.5, 0.6) is 0 Å². The number of amides is 1. The third-order valence-electron chi connectivity index (χ3n) is 2.17. The molecular formula is C13H25NO5. The molecule has 0 saturated heterocycles. The van der Waals surface area contributed by atoms with Gasteiger partial charge in [-0.2, -0.15) is 0 Å². The Morgan fingerprint density at radius 2 is 1.84 bits per heavy atom. The van der Waals surface area contributed by atoms with Crippen LogP contribution in [0.1, 0.15) is 27.7 Å². The molecular weight excluding hydrogens is 250 g/mol. The van der Waals surface area contributed by atoms with Crippen LogP contribution in [0.15, 0.2) is 0 Å². The van der Waals surface area contributed by atoms with Crippen molar-refractivity contribution < 1.29 is 23.8 Å². The van der Waals surface area contributed by atoms with Crippen molar-refractivity contribution in [2.45, 2.75) is 33.3 Å². The van der Waals surface area contributed by atoms with Crippen LogP contribution in [-0.2, 0) is 23.8 Å². The highest BCUT2D eigenvalue weighted by Gasteiger charge is 2.20. The summed E-state index contributed by atoms with van der Waals surface area (Å²) in [5.74, 6) is -0.678. The standard InChI is InChI=1S/C13H25NO5/c1-6-18-12(16)9-14(7-8-17-5)11(15)10-19-13(2,3)4/h6-10H2,1-5H3. The SMILES string of the molecule is CCOC(=O)CN(CCOC)C(=O)COC(C)(C)C. The van der Waals surface area contributed by atoms with Crippen molar-refractivity contribution in [1.82, 2.24) is 4.90 Å². The van der Waals surface area contributed by atoms with Gasteiger partial charge in [0.05, 0.1) is 18.8 Å². The van der Waals surface area contributed by atoms with Gasteiger partial charge in [-0.25, -0.2) is 0 Å². The predicted molar refractivity (Wildman–Crippen MR) is 70.8 cm³/mol. The average Bonchev–Trinajstić information content (AvgIpc) is 2.30. The maximum absolute atomic E-state index is 12.0. The molecule has 0 aliphatic carbocycles. The van der Waals surface area contributed by atoms with E-state index in [-0.39, 0.29) is 19.1 Å². The highest BCUT2D eigenvalue weighted by molar-refractivity contribution is 5.82. The maximum Gasteiger partial charge on any atom is 0.325 e. The highest BCUT2D eigenvalue weighted by atomic mass is 16.5. The second-order valence-electron chi connectivity index (χ2n) is 5.01. The molecule has 0 spiro atoms. The summed E-state index contributed by atoms with van der Waals surface area (Å²) in [7, 11) is 1.54. The molecule has 0 rings (SSSR count). The molecule has 0 aromatic rings. The van der Waals surface area contributed by atoms with Crippen LogP contribution in [-0.4, -0.2) is 62.4 Å². The average molecular weight is 275 g/mol. The molecule has 0 unspecified atom stereocenters. The molecule has 112 valence electrons. The molecule has 0 aromatic heterocycles. The Balaban J connectivity index is 4.38. The van der Waals surface area contributed by atoms with E-state index in [0.29, 0.717) is 19.8 Å². The zero-order chi connectivity index (χ0) is 14.9. The lowest BCUT2D eigenvalue weighted by Gasteiger charge is -2.24. The van der Waals surface area contributed by atoms with Gasteiger partial charge in [0, 0.05) is 13.7 Å². The Bertz CT molecular complexity index is 285. The van der Waals surface area contributed by atoms with Gasteiger partial charge in [-0.3, -0.25) is 9.59 Å². The fourth-order valence-corrected chi connectivity index (χ4v) is 1.23. The molecule has 0 heterocycles. The number of nitrogens with zero attached hydrogens (tertiary/aromatic N) is 1.